The van der Waals surface area contributed by atoms with Crippen LogP contribution >= 0.6 is 35.6 Å². The molecule has 1 atom stereocenters. The van der Waals surface area contributed by atoms with Crippen LogP contribution in [0, 0.1) is 5.92 Å². The largest absolute Gasteiger partial charge is 0.487 e. The standard InChI is InChI=1S/C19H29ClN4O2.HI/c1-14(26-17-7-5-4-6-16(17)20)13-23-19(22-3)24-10-8-15(9-11-24)12-18(25)21-2;/h4-7,14-15H,8-13H2,1-3H3,(H,21,25)(H,22,23);1H. The summed E-state index contributed by atoms with van der Waals surface area (Å²) < 4.78 is 5.89. The van der Waals surface area contributed by atoms with Crippen LogP contribution in [-0.4, -0.2) is 56.6 Å². The summed E-state index contributed by atoms with van der Waals surface area (Å²) >= 11 is 6.13. The molecular formula is C19H30ClIN4O2. The number of amides is 1. The molecule has 27 heavy (non-hydrogen) atoms. The smallest absolute Gasteiger partial charge is 0.220 e. The molecule has 0 aliphatic carbocycles. The maximum Gasteiger partial charge on any atom is 0.220 e. The lowest BCUT2D eigenvalue weighted by molar-refractivity contribution is -0.121. The number of rotatable bonds is 6. The molecular weight excluding hydrogens is 479 g/mol. The molecule has 2 rings (SSSR count). The maximum absolute atomic E-state index is 11.5. The molecule has 1 amide bonds. The van der Waals surface area contributed by atoms with E-state index in [-0.39, 0.29) is 36.0 Å². The van der Waals surface area contributed by atoms with Gasteiger partial charge in [-0.05, 0) is 37.8 Å². The van der Waals surface area contributed by atoms with Crippen LogP contribution in [0.3, 0.4) is 0 Å². The molecule has 0 bridgehead atoms. The maximum atomic E-state index is 11.5. The van der Waals surface area contributed by atoms with E-state index in [1.54, 1.807) is 14.1 Å². The van der Waals surface area contributed by atoms with Crippen molar-refractivity contribution < 1.29 is 9.53 Å². The Morgan fingerprint density at radius 1 is 1.37 bits per heavy atom. The van der Waals surface area contributed by atoms with E-state index in [1.807, 2.05) is 31.2 Å². The third-order valence-corrected chi connectivity index (χ3v) is 4.90. The zero-order chi connectivity index (χ0) is 18.9. The van der Waals surface area contributed by atoms with Gasteiger partial charge in [-0.25, -0.2) is 0 Å². The minimum atomic E-state index is -0.0440. The molecule has 1 aromatic rings. The number of benzene rings is 1. The summed E-state index contributed by atoms with van der Waals surface area (Å²) in [6, 6.07) is 7.47. The molecule has 0 aromatic heterocycles. The Kier molecular flexibility index (Phi) is 10.8. The van der Waals surface area contributed by atoms with E-state index in [9.17, 15) is 4.79 Å². The van der Waals surface area contributed by atoms with E-state index in [0.29, 0.717) is 29.7 Å². The van der Waals surface area contributed by atoms with Gasteiger partial charge in [0.15, 0.2) is 5.96 Å². The normalized spacial score (nSPS) is 16.3. The third-order valence-electron chi connectivity index (χ3n) is 4.59. The number of guanidine groups is 1. The SMILES string of the molecule is CN=C(NCC(C)Oc1ccccc1Cl)N1CCC(CC(=O)NC)CC1.I. The van der Waals surface area contributed by atoms with Crippen molar-refractivity contribution in [3.8, 4) is 5.75 Å². The lowest BCUT2D eigenvalue weighted by Crippen LogP contribution is -2.48. The van der Waals surface area contributed by atoms with Crippen LogP contribution in [0.4, 0.5) is 0 Å². The summed E-state index contributed by atoms with van der Waals surface area (Å²) in [6.45, 7) is 4.44. The van der Waals surface area contributed by atoms with Crippen molar-refractivity contribution in [1.82, 2.24) is 15.5 Å². The van der Waals surface area contributed by atoms with Crippen molar-refractivity contribution in [3.63, 3.8) is 0 Å². The number of carbonyl (C=O) groups excluding carboxylic acids is 1. The van der Waals surface area contributed by atoms with Crippen LogP contribution in [0.2, 0.25) is 5.02 Å². The number of para-hydroxylation sites is 1. The Morgan fingerprint density at radius 3 is 2.63 bits per heavy atom. The number of aliphatic imine (C=N–C) groups is 1. The van der Waals surface area contributed by atoms with Gasteiger partial charge in [0, 0.05) is 33.6 Å². The molecule has 1 aliphatic rings. The Hall–Kier alpha value is -1.22. The van der Waals surface area contributed by atoms with Gasteiger partial charge in [-0.1, -0.05) is 23.7 Å². The van der Waals surface area contributed by atoms with Crippen LogP contribution in [0.1, 0.15) is 26.2 Å². The quantitative estimate of drug-likeness (QED) is 0.352. The Bertz CT molecular complexity index is 621. The molecule has 1 saturated heterocycles. The van der Waals surface area contributed by atoms with E-state index in [2.05, 4.69) is 20.5 Å². The molecule has 1 heterocycles. The fraction of sp³-hybridized carbons (Fsp3) is 0.579. The molecule has 0 spiro atoms. The van der Waals surface area contributed by atoms with E-state index >= 15 is 0 Å². The number of ether oxygens (including phenoxy) is 1. The molecule has 0 saturated carbocycles. The summed E-state index contributed by atoms with van der Waals surface area (Å²) in [5.41, 5.74) is 0. The topological polar surface area (TPSA) is 66.0 Å². The first-order chi connectivity index (χ1) is 12.5. The first-order valence-corrected chi connectivity index (χ1v) is 9.48. The fourth-order valence-electron chi connectivity index (χ4n) is 3.08. The van der Waals surface area contributed by atoms with Crippen molar-refractivity contribution in [2.45, 2.75) is 32.3 Å². The number of nitrogens with one attached hydrogen (secondary N) is 2. The molecule has 0 radical (unpaired) electrons. The van der Waals surface area contributed by atoms with Gasteiger partial charge in [-0.2, -0.15) is 0 Å². The first-order valence-electron chi connectivity index (χ1n) is 9.10. The average molecular weight is 509 g/mol. The molecule has 1 aliphatic heterocycles. The van der Waals surface area contributed by atoms with Crippen LogP contribution in [-0.2, 0) is 4.79 Å². The number of hydrogen-bond donors (Lipinski definition) is 2. The minimum Gasteiger partial charge on any atom is -0.487 e. The predicted octanol–water partition coefficient (Wildman–Crippen LogP) is 3.15. The van der Waals surface area contributed by atoms with Gasteiger partial charge < -0.3 is 20.3 Å². The van der Waals surface area contributed by atoms with Crippen LogP contribution < -0.4 is 15.4 Å². The van der Waals surface area contributed by atoms with Crippen LogP contribution in [0.15, 0.2) is 29.3 Å². The minimum absolute atomic E-state index is 0. The summed E-state index contributed by atoms with van der Waals surface area (Å²) in [6.07, 6.45) is 2.57. The molecule has 1 fully saturated rings. The van der Waals surface area contributed by atoms with E-state index < -0.39 is 0 Å². The van der Waals surface area contributed by atoms with Crippen molar-refractivity contribution in [2.24, 2.45) is 10.9 Å². The molecule has 2 N–H and O–H groups in total. The number of nitrogens with zero attached hydrogens (tertiary/aromatic N) is 2. The highest BCUT2D eigenvalue weighted by Crippen LogP contribution is 2.24. The van der Waals surface area contributed by atoms with E-state index in [4.69, 9.17) is 16.3 Å². The lowest BCUT2D eigenvalue weighted by Gasteiger charge is -2.34. The molecule has 1 unspecified atom stereocenters. The highest BCUT2D eigenvalue weighted by Gasteiger charge is 2.23. The van der Waals surface area contributed by atoms with Crippen LogP contribution in [0.5, 0.6) is 5.75 Å². The van der Waals surface area contributed by atoms with Gasteiger partial charge in [-0.3, -0.25) is 9.79 Å². The number of hydrogen-bond acceptors (Lipinski definition) is 3. The molecule has 6 nitrogen and oxygen atoms in total. The van der Waals surface area contributed by atoms with Gasteiger partial charge >= 0.3 is 0 Å². The summed E-state index contributed by atoms with van der Waals surface area (Å²) in [5, 5.41) is 6.69. The van der Waals surface area contributed by atoms with Crippen molar-refractivity contribution in [2.75, 3.05) is 33.7 Å². The van der Waals surface area contributed by atoms with Gasteiger partial charge in [0.25, 0.3) is 0 Å². The second-order valence-electron chi connectivity index (χ2n) is 6.59. The zero-order valence-corrected chi connectivity index (χ0v) is 19.3. The van der Waals surface area contributed by atoms with Crippen molar-refractivity contribution >= 4 is 47.4 Å². The molecule has 1 aromatic carbocycles. The number of carbonyl (C=O) groups is 1. The first kappa shape index (κ1) is 23.8. The van der Waals surface area contributed by atoms with Gasteiger partial charge in [0.1, 0.15) is 11.9 Å². The molecule has 8 heteroatoms. The highest BCUT2D eigenvalue weighted by molar-refractivity contribution is 14.0. The van der Waals surface area contributed by atoms with Gasteiger partial charge in [0.05, 0.1) is 11.6 Å². The number of piperidine rings is 1. The van der Waals surface area contributed by atoms with E-state index in [0.717, 1.165) is 31.9 Å². The Balaban J connectivity index is 0.00000364. The average Bonchev–Trinajstić information content (AvgIpc) is 2.65. The van der Waals surface area contributed by atoms with Gasteiger partial charge in [0.2, 0.25) is 5.91 Å². The number of likely N-dealkylation sites (tertiary alicyclic amines) is 1. The summed E-state index contributed by atoms with van der Waals surface area (Å²) in [7, 11) is 3.48. The van der Waals surface area contributed by atoms with Crippen molar-refractivity contribution in [3.05, 3.63) is 29.3 Å². The van der Waals surface area contributed by atoms with Crippen LogP contribution in [0.25, 0.3) is 0 Å². The second-order valence-corrected chi connectivity index (χ2v) is 7.00. The second kappa shape index (κ2) is 12.3. The van der Waals surface area contributed by atoms with Gasteiger partial charge in [-0.15, -0.1) is 24.0 Å². The summed E-state index contributed by atoms with van der Waals surface area (Å²) in [4.78, 5) is 18.1. The molecule has 152 valence electrons. The number of halogens is 2. The Labute approximate surface area is 184 Å². The van der Waals surface area contributed by atoms with Crippen molar-refractivity contribution in [1.29, 1.82) is 0 Å². The fourth-order valence-corrected chi connectivity index (χ4v) is 3.26. The summed E-state index contributed by atoms with van der Waals surface area (Å²) in [5.74, 6) is 2.13. The zero-order valence-electron chi connectivity index (χ0n) is 16.2. The highest BCUT2D eigenvalue weighted by atomic mass is 127. The predicted molar refractivity (Wildman–Crippen MR) is 121 cm³/mol. The lowest BCUT2D eigenvalue weighted by atomic mass is 9.93. The third kappa shape index (κ3) is 7.73. The monoisotopic (exact) mass is 508 g/mol. The Morgan fingerprint density at radius 2 is 2.04 bits per heavy atom. The van der Waals surface area contributed by atoms with E-state index in [1.165, 1.54) is 0 Å².